The van der Waals surface area contributed by atoms with Crippen molar-refractivity contribution in [1.82, 2.24) is 9.55 Å². The monoisotopic (exact) mass is 400 g/mol. The molecule has 0 fully saturated rings. The summed E-state index contributed by atoms with van der Waals surface area (Å²) in [7, 11) is -1.17. The maximum atomic E-state index is 13.3. The molecule has 4 nitrogen and oxygen atoms in total. The van der Waals surface area contributed by atoms with E-state index >= 15 is 0 Å². The third kappa shape index (κ3) is 5.41. The molecular weight excluding hydrogens is 379 g/mol. The van der Waals surface area contributed by atoms with E-state index in [0.717, 1.165) is 11.1 Å². The topological polar surface area (TPSA) is 44.1 Å². The van der Waals surface area contributed by atoms with Crippen LogP contribution in [0.25, 0.3) is 0 Å². The van der Waals surface area contributed by atoms with Crippen molar-refractivity contribution in [2.24, 2.45) is 0 Å². The van der Waals surface area contributed by atoms with Gasteiger partial charge < -0.3 is 4.74 Å². The van der Waals surface area contributed by atoms with Crippen molar-refractivity contribution in [2.75, 3.05) is 12.9 Å². The molecule has 0 spiro atoms. The second-order valence-corrected chi connectivity index (χ2v) is 13.7. The fourth-order valence-electron chi connectivity index (χ4n) is 2.13. The maximum absolute atomic E-state index is 13.3. The van der Waals surface area contributed by atoms with Gasteiger partial charge in [-0.15, -0.1) is 11.8 Å². The number of halogens is 2. The van der Waals surface area contributed by atoms with Crippen LogP contribution in [-0.2, 0) is 11.5 Å². The number of thioether (sulfide) groups is 1. The molecule has 0 radical (unpaired) electrons. The van der Waals surface area contributed by atoms with E-state index < -0.39 is 13.9 Å². The zero-order valence-electron chi connectivity index (χ0n) is 14.8. The van der Waals surface area contributed by atoms with Gasteiger partial charge in [0.25, 0.3) is 0 Å². The molecular formula is C17H22ClFN2O2SSi. The van der Waals surface area contributed by atoms with Crippen LogP contribution in [0.2, 0.25) is 30.7 Å². The Morgan fingerprint density at radius 3 is 2.72 bits per heavy atom. The number of hydrogen-bond acceptors (Lipinski definition) is 4. The molecule has 0 unspecified atom stereocenters. The highest BCUT2D eigenvalue weighted by Crippen LogP contribution is 2.22. The summed E-state index contributed by atoms with van der Waals surface area (Å²) in [5.74, 6) is -0.600. The van der Waals surface area contributed by atoms with Crippen LogP contribution < -0.4 is 0 Å². The van der Waals surface area contributed by atoms with Crippen LogP contribution in [-0.4, -0.2) is 36.3 Å². The number of carbonyl (C=O) groups excluding carboxylic acids is 1. The van der Waals surface area contributed by atoms with Gasteiger partial charge in [-0.25, -0.2) is 9.37 Å². The second kappa shape index (κ2) is 8.49. The van der Waals surface area contributed by atoms with Crippen molar-refractivity contribution in [3.05, 3.63) is 46.6 Å². The second-order valence-electron chi connectivity index (χ2n) is 6.86. The van der Waals surface area contributed by atoms with Crippen LogP contribution in [0.3, 0.4) is 0 Å². The molecule has 8 heteroatoms. The summed E-state index contributed by atoms with van der Waals surface area (Å²) in [6.45, 7) is 7.77. The summed E-state index contributed by atoms with van der Waals surface area (Å²) < 4.78 is 20.8. The highest BCUT2D eigenvalue weighted by Gasteiger charge is 2.20. The Kier molecular flexibility index (Phi) is 6.84. The molecule has 0 N–H and O–H groups in total. The van der Waals surface area contributed by atoms with Gasteiger partial charge in [0, 0.05) is 20.2 Å². The lowest BCUT2D eigenvalue weighted by Gasteiger charge is -2.16. The van der Waals surface area contributed by atoms with E-state index in [1.54, 1.807) is 10.8 Å². The lowest BCUT2D eigenvalue weighted by molar-refractivity contribution is 0.0767. The summed E-state index contributed by atoms with van der Waals surface area (Å²) in [4.78, 5) is 17.0. The minimum absolute atomic E-state index is 0.0829. The SMILES string of the molecule is CSc1cnc(C(=O)c2ccc(F)c(Cl)c2)n1COCC[Si](C)(C)C. The molecule has 0 aliphatic rings. The Bertz CT molecular complexity index is 762. The van der Waals surface area contributed by atoms with Gasteiger partial charge in [0.05, 0.1) is 16.2 Å². The van der Waals surface area contributed by atoms with Crippen LogP contribution in [0.1, 0.15) is 16.2 Å². The zero-order valence-corrected chi connectivity index (χ0v) is 17.4. The Morgan fingerprint density at radius 1 is 1.40 bits per heavy atom. The summed E-state index contributed by atoms with van der Waals surface area (Å²) >= 11 is 7.27. The van der Waals surface area contributed by atoms with E-state index in [0.29, 0.717) is 12.2 Å². The highest BCUT2D eigenvalue weighted by molar-refractivity contribution is 7.98. The molecule has 0 aliphatic carbocycles. The predicted octanol–water partition coefficient (Wildman–Crippen LogP) is 4.94. The normalized spacial score (nSPS) is 11.8. The van der Waals surface area contributed by atoms with Crippen molar-refractivity contribution in [2.45, 2.75) is 37.4 Å². The first-order valence-electron chi connectivity index (χ1n) is 7.90. The van der Waals surface area contributed by atoms with Gasteiger partial charge in [0.15, 0.2) is 5.82 Å². The molecule has 2 aromatic rings. The molecule has 0 saturated carbocycles. The number of ketones is 1. The number of hydrogen-bond donors (Lipinski definition) is 0. The van der Waals surface area contributed by atoms with Crippen LogP contribution in [0.4, 0.5) is 4.39 Å². The first kappa shape index (κ1) is 20.2. The summed E-state index contributed by atoms with van der Waals surface area (Å²) in [6, 6.07) is 4.96. The van der Waals surface area contributed by atoms with E-state index in [9.17, 15) is 9.18 Å². The third-order valence-electron chi connectivity index (χ3n) is 3.63. The molecule has 1 aromatic heterocycles. The first-order chi connectivity index (χ1) is 11.7. The number of rotatable bonds is 8. The number of nitrogens with zero attached hydrogens (tertiary/aromatic N) is 2. The molecule has 0 atom stereocenters. The van der Waals surface area contributed by atoms with Gasteiger partial charge >= 0.3 is 0 Å². The van der Waals surface area contributed by atoms with Gasteiger partial charge in [-0.05, 0) is 30.5 Å². The quantitative estimate of drug-likeness (QED) is 0.272. The number of ether oxygens (including phenoxy) is 1. The van der Waals surface area contributed by atoms with Gasteiger partial charge in [-0.2, -0.15) is 0 Å². The van der Waals surface area contributed by atoms with E-state index in [-0.39, 0.29) is 23.4 Å². The van der Waals surface area contributed by atoms with Crippen molar-refractivity contribution in [1.29, 1.82) is 0 Å². The van der Waals surface area contributed by atoms with Crippen LogP contribution in [0.15, 0.2) is 29.4 Å². The van der Waals surface area contributed by atoms with Crippen LogP contribution in [0.5, 0.6) is 0 Å². The van der Waals surface area contributed by atoms with E-state index in [2.05, 4.69) is 24.6 Å². The average Bonchev–Trinajstić information content (AvgIpc) is 2.95. The molecule has 0 bridgehead atoms. The standard InChI is InChI=1S/C17H22ClFN2O2SSi/c1-24-15-10-20-17(21(15)11-23-7-8-25(2,3)4)16(22)12-5-6-14(19)13(18)9-12/h5-6,9-10H,7-8,11H2,1-4H3. The Morgan fingerprint density at radius 2 is 2.12 bits per heavy atom. The Hall–Kier alpha value is -1.15. The smallest absolute Gasteiger partial charge is 0.228 e. The van der Waals surface area contributed by atoms with Crippen molar-refractivity contribution in [3.63, 3.8) is 0 Å². The van der Waals surface area contributed by atoms with Crippen molar-refractivity contribution < 1.29 is 13.9 Å². The molecule has 1 heterocycles. The minimum atomic E-state index is -1.17. The largest absolute Gasteiger partial charge is 0.361 e. The first-order valence-corrected chi connectivity index (χ1v) is 13.2. The summed E-state index contributed by atoms with van der Waals surface area (Å²) in [5, 5.41) is 0.755. The fourth-order valence-corrected chi connectivity index (χ4v) is 3.58. The zero-order chi connectivity index (χ0) is 18.6. The molecule has 0 amide bonds. The molecule has 136 valence electrons. The number of benzene rings is 1. The fraction of sp³-hybridized carbons (Fsp3) is 0.412. The highest BCUT2D eigenvalue weighted by atomic mass is 35.5. The van der Waals surface area contributed by atoms with Gasteiger partial charge in [0.2, 0.25) is 5.78 Å². The molecule has 25 heavy (non-hydrogen) atoms. The number of carbonyl (C=O) groups is 1. The van der Waals surface area contributed by atoms with E-state index in [1.165, 1.54) is 30.0 Å². The Labute approximate surface area is 157 Å². The summed E-state index contributed by atoms with van der Waals surface area (Å²) in [6.07, 6.45) is 3.56. The van der Waals surface area contributed by atoms with E-state index in [1.807, 2.05) is 6.26 Å². The average molecular weight is 401 g/mol. The number of aromatic nitrogens is 2. The molecule has 0 aliphatic heterocycles. The van der Waals surface area contributed by atoms with Gasteiger partial charge in [-0.3, -0.25) is 9.36 Å². The predicted molar refractivity (Wildman–Crippen MR) is 103 cm³/mol. The van der Waals surface area contributed by atoms with E-state index in [4.69, 9.17) is 16.3 Å². The molecule has 0 saturated heterocycles. The van der Waals surface area contributed by atoms with Gasteiger partial charge in [-0.1, -0.05) is 31.2 Å². The minimum Gasteiger partial charge on any atom is -0.361 e. The third-order valence-corrected chi connectivity index (χ3v) is 6.37. The summed E-state index contributed by atoms with van der Waals surface area (Å²) in [5.41, 5.74) is 0.299. The van der Waals surface area contributed by atoms with Gasteiger partial charge in [0.1, 0.15) is 12.5 Å². The van der Waals surface area contributed by atoms with Crippen LogP contribution >= 0.6 is 23.4 Å². The lowest BCUT2D eigenvalue weighted by Crippen LogP contribution is -2.22. The molecule has 1 aromatic carbocycles. The molecule has 2 rings (SSSR count). The maximum Gasteiger partial charge on any atom is 0.228 e. The Balaban J connectivity index is 2.19. The lowest BCUT2D eigenvalue weighted by atomic mass is 10.1. The van der Waals surface area contributed by atoms with Crippen molar-refractivity contribution in [3.8, 4) is 0 Å². The van der Waals surface area contributed by atoms with Crippen LogP contribution in [0, 0.1) is 5.82 Å². The number of imidazole rings is 1. The van der Waals surface area contributed by atoms with Crippen molar-refractivity contribution >= 4 is 37.2 Å².